The first-order valence-electron chi connectivity index (χ1n) is 10.8. The maximum atomic E-state index is 12.8. The molecule has 4 rings (SSSR count). The van der Waals surface area contributed by atoms with Crippen molar-refractivity contribution in [3.63, 3.8) is 0 Å². The average Bonchev–Trinajstić information content (AvgIpc) is 3.09. The zero-order valence-electron chi connectivity index (χ0n) is 17.6. The van der Waals surface area contributed by atoms with Crippen LogP contribution in [0.5, 0.6) is 0 Å². The second-order valence-electron chi connectivity index (χ2n) is 8.59. The number of anilines is 1. The standard InChI is InChI=1S/C22H33N5O2/c1-24-11-10-19-21(24)22(29)23-16-18(25(19)2)8-9-20(28)27-14-12-26(13-15-27)17-6-4-3-5-7-17/h3-7,18-19,21H,8-16H2,1-2H3,(H,23,29)/t18-,19+,21-/m0/s1. The van der Waals surface area contributed by atoms with Crippen molar-refractivity contribution in [2.24, 2.45) is 0 Å². The largest absolute Gasteiger partial charge is 0.368 e. The van der Waals surface area contributed by atoms with Crippen LogP contribution in [0.2, 0.25) is 0 Å². The summed E-state index contributed by atoms with van der Waals surface area (Å²) in [7, 11) is 4.14. The van der Waals surface area contributed by atoms with Crippen LogP contribution in [0.15, 0.2) is 30.3 Å². The molecule has 3 saturated heterocycles. The van der Waals surface area contributed by atoms with Crippen molar-refractivity contribution in [2.75, 3.05) is 58.3 Å². The fraction of sp³-hybridized carbons (Fsp3) is 0.636. The summed E-state index contributed by atoms with van der Waals surface area (Å²) in [5.74, 6) is 0.370. The lowest BCUT2D eigenvalue weighted by molar-refractivity contribution is -0.132. The Hall–Kier alpha value is -2.12. The zero-order chi connectivity index (χ0) is 20.4. The molecule has 0 spiro atoms. The van der Waals surface area contributed by atoms with Gasteiger partial charge in [-0.1, -0.05) is 18.2 Å². The molecule has 3 fully saturated rings. The number of fused-ring (bicyclic) bond motifs is 1. The molecule has 0 saturated carbocycles. The van der Waals surface area contributed by atoms with Crippen LogP contribution in [0, 0.1) is 0 Å². The number of nitrogens with zero attached hydrogens (tertiary/aromatic N) is 4. The van der Waals surface area contributed by atoms with Gasteiger partial charge in [0, 0.05) is 63.5 Å². The fourth-order valence-electron chi connectivity index (χ4n) is 5.07. The lowest BCUT2D eigenvalue weighted by Crippen LogP contribution is -2.50. The summed E-state index contributed by atoms with van der Waals surface area (Å²) < 4.78 is 0. The molecule has 3 aliphatic heterocycles. The van der Waals surface area contributed by atoms with Gasteiger partial charge in [-0.05, 0) is 39.1 Å². The van der Waals surface area contributed by atoms with Crippen LogP contribution in [0.4, 0.5) is 5.69 Å². The van der Waals surface area contributed by atoms with Crippen molar-refractivity contribution in [1.82, 2.24) is 20.0 Å². The molecular formula is C22H33N5O2. The molecule has 158 valence electrons. The second-order valence-corrected chi connectivity index (χ2v) is 8.59. The summed E-state index contributed by atoms with van der Waals surface area (Å²) >= 11 is 0. The third-order valence-electron chi connectivity index (χ3n) is 6.94. The van der Waals surface area contributed by atoms with E-state index in [-0.39, 0.29) is 29.9 Å². The Labute approximate surface area is 173 Å². The number of likely N-dealkylation sites (N-methyl/N-ethyl adjacent to an activating group) is 2. The molecule has 7 nitrogen and oxygen atoms in total. The monoisotopic (exact) mass is 399 g/mol. The molecule has 29 heavy (non-hydrogen) atoms. The average molecular weight is 400 g/mol. The number of carbonyl (C=O) groups is 2. The molecule has 3 atom stereocenters. The summed E-state index contributed by atoms with van der Waals surface area (Å²) in [6, 6.07) is 10.8. The van der Waals surface area contributed by atoms with Gasteiger partial charge >= 0.3 is 0 Å². The summed E-state index contributed by atoms with van der Waals surface area (Å²) in [6.07, 6.45) is 2.35. The van der Waals surface area contributed by atoms with Gasteiger partial charge in [-0.25, -0.2) is 0 Å². The number of piperazine rings is 1. The van der Waals surface area contributed by atoms with E-state index >= 15 is 0 Å². The SMILES string of the molecule is CN1CC[C@@H]2[C@H]1C(=O)NC[C@H](CCC(=O)N1CCN(c3ccccc3)CC1)N2C. The van der Waals surface area contributed by atoms with E-state index in [1.807, 2.05) is 18.0 Å². The van der Waals surface area contributed by atoms with E-state index in [1.54, 1.807) is 0 Å². The highest BCUT2D eigenvalue weighted by molar-refractivity contribution is 5.83. The number of carbonyl (C=O) groups excluding carboxylic acids is 2. The predicted molar refractivity (Wildman–Crippen MR) is 114 cm³/mol. The quantitative estimate of drug-likeness (QED) is 0.804. The predicted octanol–water partition coefficient (Wildman–Crippen LogP) is 0.618. The Morgan fingerprint density at radius 3 is 2.52 bits per heavy atom. The lowest BCUT2D eigenvalue weighted by atomic mass is 10.0. The van der Waals surface area contributed by atoms with Gasteiger partial charge in [0.1, 0.15) is 6.04 Å². The van der Waals surface area contributed by atoms with Crippen LogP contribution >= 0.6 is 0 Å². The minimum Gasteiger partial charge on any atom is -0.368 e. The highest BCUT2D eigenvalue weighted by atomic mass is 16.2. The van der Waals surface area contributed by atoms with E-state index in [1.165, 1.54) is 5.69 Å². The molecule has 1 aromatic carbocycles. The van der Waals surface area contributed by atoms with Crippen molar-refractivity contribution in [1.29, 1.82) is 0 Å². The molecule has 3 heterocycles. The molecule has 1 aromatic rings. The number of likely N-dealkylation sites (tertiary alicyclic amines) is 1. The van der Waals surface area contributed by atoms with Gasteiger partial charge in [-0.3, -0.25) is 19.4 Å². The summed E-state index contributed by atoms with van der Waals surface area (Å²) in [6.45, 7) is 4.90. The van der Waals surface area contributed by atoms with E-state index in [2.05, 4.69) is 51.3 Å². The summed E-state index contributed by atoms with van der Waals surface area (Å²) in [5.41, 5.74) is 1.23. The van der Waals surface area contributed by atoms with Crippen LogP contribution in [0.3, 0.4) is 0 Å². The summed E-state index contributed by atoms with van der Waals surface area (Å²) in [4.78, 5) is 34.1. The number of hydrogen-bond acceptors (Lipinski definition) is 5. The normalized spacial score (nSPS) is 28.8. The van der Waals surface area contributed by atoms with Gasteiger partial charge in [0.15, 0.2) is 0 Å². The Morgan fingerprint density at radius 1 is 1.07 bits per heavy atom. The second kappa shape index (κ2) is 8.71. The number of rotatable bonds is 4. The van der Waals surface area contributed by atoms with E-state index in [0.29, 0.717) is 13.0 Å². The minimum absolute atomic E-state index is 0.0632. The molecule has 0 aliphatic carbocycles. The van der Waals surface area contributed by atoms with Crippen LogP contribution in [-0.4, -0.2) is 98.0 Å². The van der Waals surface area contributed by atoms with Gasteiger partial charge in [-0.15, -0.1) is 0 Å². The van der Waals surface area contributed by atoms with Crippen LogP contribution in [0.1, 0.15) is 19.3 Å². The molecule has 7 heteroatoms. The maximum Gasteiger partial charge on any atom is 0.239 e. The molecule has 0 radical (unpaired) electrons. The molecular weight excluding hydrogens is 366 g/mol. The number of amides is 2. The van der Waals surface area contributed by atoms with Crippen molar-refractivity contribution in [3.8, 4) is 0 Å². The number of benzene rings is 1. The third-order valence-corrected chi connectivity index (χ3v) is 6.94. The van der Waals surface area contributed by atoms with E-state index in [4.69, 9.17) is 0 Å². The van der Waals surface area contributed by atoms with Crippen LogP contribution < -0.4 is 10.2 Å². The Kier molecular flexibility index (Phi) is 6.06. The van der Waals surface area contributed by atoms with Crippen LogP contribution in [-0.2, 0) is 9.59 Å². The van der Waals surface area contributed by atoms with E-state index in [9.17, 15) is 9.59 Å². The third kappa shape index (κ3) is 4.26. The van der Waals surface area contributed by atoms with Gasteiger partial charge in [0.2, 0.25) is 11.8 Å². The van der Waals surface area contributed by atoms with Crippen molar-refractivity contribution in [2.45, 2.75) is 37.4 Å². The topological polar surface area (TPSA) is 59.1 Å². The first kappa shape index (κ1) is 20.2. The van der Waals surface area contributed by atoms with E-state index < -0.39 is 0 Å². The number of para-hydroxylation sites is 1. The van der Waals surface area contributed by atoms with Crippen LogP contribution in [0.25, 0.3) is 0 Å². The molecule has 1 N–H and O–H groups in total. The fourth-order valence-corrected chi connectivity index (χ4v) is 5.07. The molecule has 0 bridgehead atoms. The van der Waals surface area contributed by atoms with Crippen molar-refractivity contribution < 1.29 is 9.59 Å². The van der Waals surface area contributed by atoms with Crippen molar-refractivity contribution in [3.05, 3.63) is 30.3 Å². The zero-order valence-corrected chi connectivity index (χ0v) is 17.6. The molecule has 0 unspecified atom stereocenters. The lowest BCUT2D eigenvalue weighted by Gasteiger charge is -2.37. The first-order chi connectivity index (χ1) is 14.0. The first-order valence-corrected chi connectivity index (χ1v) is 10.8. The van der Waals surface area contributed by atoms with Gasteiger partial charge < -0.3 is 15.1 Å². The molecule has 3 aliphatic rings. The Morgan fingerprint density at radius 2 is 1.79 bits per heavy atom. The Balaban J connectivity index is 1.28. The van der Waals surface area contributed by atoms with Gasteiger partial charge in [0.05, 0.1) is 0 Å². The van der Waals surface area contributed by atoms with Gasteiger partial charge in [-0.2, -0.15) is 0 Å². The highest BCUT2D eigenvalue weighted by Crippen LogP contribution is 2.26. The van der Waals surface area contributed by atoms with E-state index in [0.717, 1.165) is 45.6 Å². The number of hydrogen-bond donors (Lipinski definition) is 1. The number of nitrogens with one attached hydrogen (secondary N) is 1. The molecule has 0 aromatic heterocycles. The maximum absolute atomic E-state index is 12.8. The summed E-state index contributed by atoms with van der Waals surface area (Å²) in [5, 5.41) is 3.10. The molecule has 2 amide bonds. The minimum atomic E-state index is -0.0632. The smallest absolute Gasteiger partial charge is 0.239 e. The highest BCUT2D eigenvalue weighted by Gasteiger charge is 2.43. The Bertz CT molecular complexity index is 719. The van der Waals surface area contributed by atoms with Crippen molar-refractivity contribution >= 4 is 17.5 Å². The van der Waals surface area contributed by atoms with Gasteiger partial charge in [0.25, 0.3) is 0 Å².